The van der Waals surface area contributed by atoms with E-state index in [1.807, 2.05) is 79.7 Å². The van der Waals surface area contributed by atoms with Gasteiger partial charge in [0.05, 0.1) is 12.2 Å². The Hall–Kier alpha value is -3.37. The van der Waals surface area contributed by atoms with Crippen molar-refractivity contribution in [2.75, 3.05) is 26.2 Å². The number of ketones is 1. The molecule has 0 atom stereocenters. The van der Waals surface area contributed by atoms with Crippen molar-refractivity contribution in [3.8, 4) is 17.1 Å². The molecule has 0 saturated heterocycles. The van der Waals surface area contributed by atoms with E-state index < -0.39 is 0 Å². The van der Waals surface area contributed by atoms with Gasteiger partial charge < -0.3 is 14.1 Å². The number of rotatable bonds is 10. The average Bonchev–Trinajstić information content (AvgIpc) is 3.24. The van der Waals surface area contributed by atoms with E-state index in [4.69, 9.17) is 9.15 Å². The Labute approximate surface area is 195 Å². The number of aryl methyl sites for hydroxylation is 1. The minimum atomic E-state index is -0.0522. The molecule has 4 aromatic rings. The van der Waals surface area contributed by atoms with Crippen LogP contribution in [-0.4, -0.2) is 36.9 Å². The molecule has 4 rings (SSSR count). The Kier molecular flexibility index (Phi) is 7.26. The molecule has 0 N–H and O–H groups in total. The SMILES string of the molecule is CCN(CC)CCCOc1ccc(C(=O)c2c(-c3ccc(C)cc3)oc3ccccc23)cc1. The van der Waals surface area contributed by atoms with E-state index in [1.165, 1.54) is 0 Å². The number of nitrogens with zero attached hydrogens (tertiary/aromatic N) is 1. The highest BCUT2D eigenvalue weighted by Gasteiger charge is 2.23. The molecular formula is C29H31NO3. The maximum atomic E-state index is 13.6. The minimum Gasteiger partial charge on any atom is -0.494 e. The first kappa shape index (κ1) is 22.8. The molecule has 4 heteroatoms. The largest absolute Gasteiger partial charge is 0.494 e. The van der Waals surface area contributed by atoms with Gasteiger partial charge in [0.15, 0.2) is 5.78 Å². The summed E-state index contributed by atoms with van der Waals surface area (Å²) in [6.07, 6.45) is 0.975. The Morgan fingerprint density at radius 3 is 2.30 bits per heavy atom. The van der Waals surface area contributed by atoms with Gasteiger partial charge in [-0.1, -0.05) is 61.9 Å². The van der Waals surface area contributed by atoms with E-state index in [-0.39, 0.29) is 5.78 Å². The zero-order valence-electron chi connectivity index (χ0n) is 19.6. The zero-order chi connectivity index (χ0) is 23.2. The fourth-order valence-corrected chi connectivity index (χ4v) is 4.04. The average molecular weight is 442 g/mol. The van der Waals surface area contributed by atoms with Gasteiger partial charge in [-0.15, -0.1) is 0 Å². The molecule has 0 aliphatic rings. The van der Waals surface area contributed by atoms with E-state index in [0.29, 0.717) is 29.1 Å². The molecule has 0 fully saturated rings. The maximum absolute atomic E-state index is 13.6. The van der Waals surface area contributed by atoms with Crippen LogP contribution in [0.25, 0.3) is 22.3 Å². The van der Waals surface area contributed by atoms with Gasteiger partial charge in [-0.3, -0.25) is 4.79 Å². The van der Waals surface area contributed by atoms with Crippen LogP contribution in [0.3, 0.4) is 0 Å². The smallest absolute Gasteiger partial charge is 0.197 e. The zero-order valence-corrected chi connectivity index (χ0v) is 19.6. The highest BCUT2D eigenvalue weighted by atomic mass is 16.5. The molecule has 0 unspecified atom stereocenters. The fraction of sp³-hybridized carbons (Fsp3) is 0.276. The summed E-state index contributed by atoms with van der Waals surface area (Å²) in [6, 6.07) is 23.2. The van der Waals surface area contributed by atoms with Crippen LogP contribution in [0.1, 0.15) is 41.8 Å². The summed E-state index contributed by atoms with van der Waals surface area (Å²) in [5.41, 5.74) is 3.99. The number of carbonyl (C=O) groups is 1. The van der Waals surface area contributed by atoms with Crippen molar-refractivity contribution in [2.24, 2.45) is 0 Å². The van der Waals surface area contributed by atoms with Crippen molar-refractivity contribution in [2.45, 2.75) is 27.2 Å². The number of ether oxygens (including phenoxy) is 1. The van der Waals surface area contributed by atoms with Crippen LogP contribution in [0.2, 0.25) is 0 Å². The van der Waals surface area contributed by atoms with Crippen LogP contribution < -0.4 is 4.74 Å². The normalized spacial score (nSPS) is 11.3. The highest BCUT2D eigenvalue weighted by molar-refractivity contribution is 6.19. The first-order valence-electron chi connectivity index (χ1n) is 11.7. The molecule has 0 aliphatic heterocycles. The number of para-hydroxylation sites is 1. The summed E-state index contributed by atoms with van der Waals surface area (Å²) in [4.78, 5) is 16.0. The molecule has 33 heavy (non-hydrogen) atoms. The first-order valence-corrected chi connectivity index (χ1v) is 11.7. The molecule has 0 amide bonds. The molecule has 0 aliphatic carbocycles. The Balaban J connectivity index is 1.55. The van der Waals surface area contributed by atoms with Crippen molar-refractivity contribution in [1.29, 1.82) is 0 Å². The molecule has 0 bridgehead atoms. The summed E-state index contributed by atoms with van der Waals surface area (Å²) in [7, 11) is 0. The second-order valence-corrected chi connectivity index (χ2v) is 8.25. The molecule has 0 radical (unpaired) electrons. The summed E-state index contributed by atoms with van der Waals surface area (Å²) >= 11 is 0. The topological polar surface area (TPSA) is 42.7 Å². The fourth-order valence-electron chi connectivity index (χ4n) is 4.04. The molecule has 170 valence electrons. The lowest BCUT2D eigenvalue weighted by molar-refractivity contribution is 0.104. The van der Waals surface area contributed by atoms with Crippen LogP contribution in [-0.2, 0) is 0 Å². The number of hydrogen-bond donors (Lipinski definition) is 0. The van der Waals surface area contributed by atoms with Crippen molar-refractivity contribution >= 4 is 16.8 Å². The minimum absolute atomic E-state index is 0.0522. The number of hydrogen-bond acceptors (Lipinski definition) is 4. The standard InChI is InChI=1S/C29H31NO3/c1-4-30(5-2)19-8-20-32-24-17-15-22(16-18-24)28(31)27-25-9-6-7-10-26(25)33-29(27)23-13-11-21(3)12-14-23/h6-7,9-18H,4-5,8,19-20H2,1-3H3. The third kappa shape index (κ3) is 5.18. The van der Waals surface area contributed by atoms with Gasteiger partial charge in [0, 0.05) is 23.1 Å². The lowest BCUT2D eigenvalue weighted by Crippen LogP contribution is -2.25. The number of fused-ring (bicyclic) bond motifs is 1. The van der Waals surface area contributed by atoms with Crippen molar-refractivity contribution in [1.82, 2.24) is 4.90 Å². The molecule has 0 saturated carbocycles. The molecular weight excluding hydrogens is 410 g/mol. The summed E-state index contributed by atoms with van der Waals surface area (Å²) in [6.45, 7) is 10.2. The predicted octanol–water partition coefficient (Wildman–Crippen LogP) is 6.75. The number of benzene rings is 3. The van der Waals surface area contributed by atoms with Crippen molar-refractivity contribution in [3.05, 3.63) is 89.5 Å². The maximum Gasteiger partial charge on any atom is 0.197 e. The van der Waals surface area contributed by atoms with Gasteiger partial charge >= 0.3 is 0 Å². The highest BCUT2D eigenvalue weighted by Crippen LogP contribution is 2.35. The van der Waals surface area contributed by atoms with Crippen LogP contribution in [0.4, 0.5) is 0 Å². The Morgan fingerprint density at radius 2 is 1.61 bits per heavy atom. The van der Waals surface area contributed by atoms with Crippen molar-refractivity contribution < 1.29 is 13.9 Å². The molecule has 1 aromatic heterocycles. The summed E-state index contributed by atoms with van der Waals surface area (Å²) in [5, 5.41) is 0.829. The molecule has 3 aromatic carbocycles. The van der Waals surface area contributed by atoms with Crippen molar-refractivity contribution in [3.63, 3.8) is 0 Å². The third-order valence-electron chi connectivity index (χ3n) is 6.03. The molecule has 0 spiro atoms. The Morgan fingerprint density at radius 1 is 0.909 bits per heavy atom. The van der Waals surface area contributed by atoms with E-state index in [9.17, 15) is 4.79 Å². The van der Waals surface area contributed by atoms with Crippen LogP contribution >= 0.6 is 0 Å². The van der Waals surface area contributed by atoms with E-state index in [1.54, 1.807) is 0 Å². The predicted molar refractivity (Wildman–Crippen MR) is 134 cm³/mol. The summed E-state index contributed by atoms with van der Waals surface area (Å²) < 4.78 is 12.0. The van der Waals surface area contributed by atoms with Crippen LogP contribution in [0.15, 0.2) is 77.2 Å². The quantitative estimate of drug-likeness (QED) is 0.202. The van der Waals surface area contributed by atoms with Crippen LogP contribution in [0, 0.1) is 6.92 Å². The Bertz CT molecular complexity index is 1200. The van der Waals surface area contributed by atoms with Gasteiger partial charge in [-0.25, -0.2) is 0 Å². The molecule has 1 heterocycles. The number of furan rings is 1. The van der Waals surface area contributed by atoms with E-state index in [0.717, 1.165) is 48.3 Å². The van der Waals surface area contributed by atoms with Gasteiger partial charge in [0.25, 0.3) is 0 Å². The summed E-state index contributed by atoms with van der Waals surface area (Å²) in [5.74, 6) is 1.34. The first-order chi connectivity index (χ1) is 16.1. The number of carbonyl (C=O) groups excluding carboxylic acids is 1. The second-order valence-electron chi connectivity index (χ2n) is 8.25. The monoisotopic (exact) mass is 441 g/mol. The third-order valence-corrected chi connectivity index (χ3v) is 6.03. The lowest BCUT2D eigenvalue weighted by atomic mass is 9.97. The second kappa shape index (κ2) is 10.5. The van der Waals surface area contributed by atoms with Gasteiger partial charge in [0.1, 0.15) is 17.1 Å². The van der Waals surface area contributed by atoms with E-state index >= 15 is 0 Å². The lowest BCUT2D eigenvalue weighted by Gasteiger charge is -2.17. The van der Waals surface area contributed by atoms with Gasteiger partial charge in [0.2, 0.25) is 0 Å². The molecule has 4 nitrogen and oxygen atoms in total. The van der Waals surface area contributed by atoms with E-state index in [2.05, 4.69) is 18.7 Å². The van der Waals surface area contributed by atoms with Gasteiger partial charge in [-0.2, -0.15) is 0 Å². The van der Waals surface area contributed by atoms with Crippen LogP contribution in [0.5, 0.6) is 5.75 Å². The van der Waals surface area contributed by atoms with Gasteiger partial charge in [-0.05, 0) is 56.8 Å².